The first-order chi connectivity index (χ1) is 18.4. The molecule has 218 valence electrons. The van der Waals surface area contributed by atoms with Crippen LogP contribution in [-0.4, -0.2) is 65.5 Å². The minimum atomic E-state index is -0.795. The van der Waals surface area contributed by atoms with Gasteiger partial charge in [-0.25, -0.2) is 4.39 Å². The van der Waals surface area contributed by atoms with Crippen molar-refractivity contribution in [1.82, 2.24) is 5.32 Å². The lowest BCUT2D eigenvalue weighted by Crippen LogP contribution is -2.31. The van der Waals surface area contributed by atoms with Crippen LogP contribution in [-0.2, 0) is 4.84 Å². The SMILES string of the molecule is CC(C)(C)CC1NCC(c2cc(Cl)ccc2NOCCC(O)CO)C1C#N.Fc1cccc(Cl)c1.OCCO. The summed E-state index contributed by atoms with van der Waals surface area (Å²) in [6.45, 7) is 6.95. The Kier molecular flexibility index (Phi) is 16.5. The second-order valence-corrected chi connectivity index (χ2v) is 11.1. The second kappa shape index (κ2) is 18.4. The molecule has 8 nitrogen and oxygen atoms in total. The molecule has 1 heterocycles. The molecule has 0 amide bonds. The van der Waals surface area contributed by atoms with E-state index in [-0.39, 0.29) is 55.5 Å². The summed E-state index contributed by atoms with van der Waals surface area (Å²) in [6, 6.07) is 13.9. The maximum Gasteiger partial charge on any atom is 0.124 e. The molecule has 1 aliphatic heterocycles. The van der Waals surface area contributed by atoms with E-state index in [0.717, 1.165) is 17.7 Å². The predicted molar refractivity (Wildman–Crippen MR) is 152 cm³/mol. The van der Waals surface area contributed by atoms with Gasteiger partial charge >= 0.3 is 0 Å². The van der Waals surface area contributed by atoms with E-state index < -0.39 is 6.10 Å². The van der Waals surface area contributed by atoms with E-state index in [9.17, 15) is 14.8 Å². The smallest absolute Gasteiger partial charge is 0.124 e. The van der Waals surface area contributed by atoms with Crippen LogP contribution in [0.2, 0.25) is 10.0 Å². The molecule has 0 radical (unpaired) electrons. The fourth-order valence-electron chi connectivity index (χ4n) is 3.96. The Morgan fingerprint density at radius 3 is 2.31 bits per heavy atom. The van der Waals surface area contributed by atoms with Crippen molar-refractivity contribution < 1.29 is 29.7 Å². The zero-order chi connectivity index (χ0) is 29.4. The number of nitrogens with one attached hydrogen (secondary N) is 2. The molecule has 2 aromatic carbocycles. The highest BCUT2D eigenvalue weighted by Crippen LogP contribution is 2.40. The summed E-state index contributed by atoms with van der Waals surface area (Å²) >= 11 is 11.6. The first-order valence-electron chi connectivity index (χ1n) is 12.7. The third-order valence-electron chi connectivity index (χ3n) is 5.69. The fraction of sp³-hybridized carbons (Fsp3) is 0.536. The van der Waals surface area contributed by atoms with E-state index in [2.05, 4.69) is 37.6 Å². The largest absolute Gasteiger partial charge is 0.394 e. The van der Waals surface area contributed by atoms with Gasteiger partial charge in [-0.3, -0.25) is 10.3 Å². The van der Waals surface area contributed by atoms with Gasteiger partial charge in [-0.05, 0) is 53.8 Å². The van der Waals surface area contributed by atoms with E-state index in [1.54, 1.807) is 18.2 Å². The number of rotatable bonds is 9. The molecular formula is C28H40Cl2FN3O5. The van der Waals surface area contributed by atoms with Crippen LogP contribution < -0.4 is 10.8 Å². The number of aliphatic hydroxyl groups excluding tert-OH is 4. The van der Waals surface area contributed by atoms with Gasteiger partial charge in [-0.2, -0.15) is 5.26 Å². The minimum absolute atomic E-state index is 0.00943. The summed E-state index contributed by atoms with van der Waals surface area (Å²) in [5.74, 6) is -0.438. The highest BCUT2D eigenvalue weighted by molar-refractivity contribution is 6.31. The summed E-state index contributed by atoms with van der Waals surface area (Å²) in [5.41, 5.74) is 4.76. The monoisotopic (exact) mass is 587 g/mol. The molecule has 0 saturated carbocycles. The number of nitriles is 1. The first kappa shape index (κ1) is 35.0. The van der Waals surface area contributed by atoms with E-state index in [1.807, 2.05) is 12.1 Å². The number of benzene rings is 2. The van der Waals surface area contributed by atoms with Crippen LogP contribution in [0.25, 0.3) is 0 Å². The van der Waals surface area contributed by atoms with Gasteiger partial charge < -0.3 is 25.7 Å². The fourth-order valence-corrected chi connectivity index (χ4v) is 4.32. The molecule has 1 fully saturated rings. The summed E-state index contributed by atoms with van der Waals surface area (Å²) in [4.78, 5) is 5.44. The molecule has 4 atom stereocenters. The summed E-state index contributed by atoms with van der Waals surface area (Å²) in [7, 11) is 0. The van der Waals surface area contributed by atoms with Crippen molar-refractivity contribution in [3.8, 4) is 6.07 Å². The maximum absolute atomic E-state index is 12.1. The highest BCUT2D eigenvalue weighted by atomic mass is 35.5. The Balaban J connectivity index is 0.000000522. The molecule has 2 aromatic rings. The maximum atomic E-state index is 12.1. The molecule has 6 N–H and O–H groups in total. The van der Waals surface area contributed by atoms with Gasteiger partial charge in [0.25, 0.3) is 0 Å². The molecule has 0 aromatic heterocycles. The van der Waals surface area contributed by atoms with Crippen LogP contribution >= 0.6 is 23.2 Å². The number of anilines is 1. The van der Waals surface area contributed by atoms with Crippen LogP contribution in [0.15, 0.2) is 42.5 Å². The van der Waals surface area contributed by atoms with E-state index in [1.165, 1.54) is 12.1 Å². The van der Waals surface area contributed by atoms with Gasteiger partial charge in [0.2, 0.25) is 0 Å². The average Bonchev–Trinajstić information content (AvgIpc) is 3.28. The normalized spacial score (nSPS) is 19.2. The molecule has 0 bridgehead atoms. The van der Waals surface area contributed by atoms with Crippen LogP contribution in [0.5, 0.6) is 0 Å². The number of nitrogens with zero attached hydrogens (tertiary/aromatic N) is 1. The summed E-state index contributed by atoms with van der Waals surface area (Å²) in [6.07, 6.45) is 0.448. The topological polar surface area (TPSA) is 138 Å². The summed E-state index contributed by atoms with van der Waals surface area (Å²) < 4.78 is 12.1. The molecule has 11 heteroatoms. The highest BCUT2D eigenvalue weighted by Gasteiger charge is 2.39. The van der Waals surface area contributed by atoms with Crippen molar-refractivity contribution in [2.75, 3.05) is 38.5 Å². The number of hydrogen-bond acceptors (Lipinski definition) is 8. The Bertz CT molecular complexity index is 1000. The third-order valence-corrected chi connectivity index (χ3v) is 6.16. The Morgan fingerprint density at radius 2 is 1.79 bits per heavy atom. The van der Waals surface area contributed by atoms with Crippen LogP contribution in [0.1, 0.15) is 45.1 Å². The van der Waals surface area contributed by atoms with Crippen molar-refractivity contribution in [2.45, 2.75) is 51.7 Å². The van der Waals surface area contributed by atoms with Crippen molar-refractivity contribution >= 4 is 28.9 Å². The van der Waals surface area contributed by atoms with Gasteiger partial charge in [0, 0.05) is 35.0 Å². The summed E-state index contributed by atoms with van der Waals surface area (Å²) in [5, 5.41) is 47.8. The van der Waals surface area contributed by atoms with E-state index in [0.29, 0.717) is 23.0 Å². The number of hydrogen-bond donors (Lipinski definition) is 6. The minimum Gasteiger partial charge on any atom is -0.394 e. The van der Waals surface area contributed by atoms with Crippen LogP contribution in [0.4, 0.5) is 10.1 Å². The van der Waals surface area contributed by atoms with Crippen molar-refractivity contribution in [3.05, 3.63) is 63.9 Å². The Morgan fingerprint density at radius 1 is 1.13 bits per heavy atom. The molecular weight excluding hydrogens is 548 g/mol. The lowest BCUT2D eigenvalue weighted by molar-refractivity contribution is 0.0614. The van der Waals surface area contributed by atoms with Crippen LogP contribution in [0.3, 0.4) is 0 Å². The Labute approximate surface area is 240 Å². The quantitative estimate of drug-likeness (QED) is 0.186. The second-order valence-electron chi connectivity index (χ2n) is 10.2. The van der Waals surface area contributed by atoms with Gasteiger partial charge in [-0.15, -0.1) is 0 Å². The van der Waals surface area contributed by atoms with Crippen LogP contribution in [0, 0.1) is 28.5 Å². The van der Waals surface area contributed by atoms with Gasteiger partial charge in [0.05, 0.1) is 50.2 Å². The molecule has 1 aliphatic rings. The third kappa shape index (κ3) is 13.8. The first-order valence-corrected chi connectivity index (χ1v) is 13.4. The molecule has 1 saturated heterocycles. The Hall–Kier alpha value is -2.00. The lowest BCUT2D eigenvalue weighted by atomic mass is 9.79. The lowest BCUT2D eigenvalue weighted by Gasteiger charge is -2.26. The number of halogens is 3. The molecule has 0 aliphatic carbocycles. The van der Waals surface area contributed by atoms with E-state index in [4.69, 9.17) is 43.4 Å². The zero-order valence-electron chi connectivity index (χ0n) is 22.6. The number of aliphatic hydroxyl groups is 4. The standard InChI is InChI=1S/C20H30ClN3O3.C6H4ClF.C2H6O2/c1-20(2,3)9-19-16(10-22)17(11-23-19)15-8-13(21)4-5-18(15)24-27-7-6-14(26)12-25;7-5-2-1-3-6(8)4-5;3-1-2-4/h4-5,8,14,16-17,19,23-26H,6-7,9,11-12H2,1-3H3;1-4H;3-4H,1-2H2. The van der Waals surface area contributed by atoms with Crippen molar-refractivity contribution in [1.29, 1.82) is 5.26 Å². The molecule has 39 heavy (non-hydrogen) atoms. The molecule has 0 spiro atoms. The van der Waals surface area contributed by atoms with Crippen molar-refractivity contribution in [2.24, 2.45) is 11.3 Å². The molecule has 3 rings (SSSR count). The average molecular weight is 589 g/mol. The molecule has 4 unspecified atom stereocenters. The predicted octanol–water partition coefficient (Wildman–Crippen LogP) is 4.51. The van der Waals surface area contributed by atoms with Gasteiger partial charge in [0.15, 0.2) is 0 Å². The van der Waals surface area contributed by atoms with Gasteiger partial charge in [-0.1, -0.05) is 50.0 Å². The van der Waals surface area contributed by atoms with Crippen molar-refractivity contribution in [3.63, 3.8) is 0 Å². The zero-order valence-corrected chi connectivity index (χ0v) is 24.1. The van der Waals surface area contributed by atoms with Gasteiger partial charge in [0.1, 0.15) is 5.82 Å². The van der Waals surface area contributed by atoms with E-state index >= 15 is 0 Å².